The second-order valence-electron chi connectivity index (χ2n) is 6.47. The Morgan fingerprint density at radius 3 is 2.77 bits per heavy atom. The summed E-state index contributed by atoms with van der Waals surface area (Å²) in [6.45, 7) is 0. The van der Waals surface area contributed by atoms with E-state index in [1.54, 1.807) is 7.11 Å². The van der Waals surface area contributed by atoms with Gasteiger partial charge in [0.2, 0.25) is 11.8 Å². The third-order valence-electron chi connectivity index (χ3n) is 4.43. The normalized spacial score (nSPS) is 13.4. The summed E-state index contributed by atoms with van der Waals surface area (Å²) < 4.78 is 5.16. The van der Waals surface area contributed by atoms with Gasteiger partial charge in [0, 0.05) is 29.3 Å². The first-order chi connectivity index (χ1) is 12.7. The molecule has 2 heterocycles. The minimum absolute atomic E-state index is 0.0777. The minimum atomic E-state index is -0.0777. The predicted molar refractivity (Wildman–Crippen MR) is 99.1 cm³/mol. The molecule has 0 radical (unpaired) electrons. The molecule has 132 valence electrons. The standard InChI is InChI=1S/C20H20N4O2/c1-26-20-4-2-3-16(21-20)14-7-5-13(6-8-14)11-19(25)22-18-12-17(23-24-18)15-9-10-15/h2-8,12,15H,9-11H2,1H3,(H2,22,23,24,25). The molecule has 6 heteroatoms. The van der Waals surface area contributed by atoms with Gasteiger partial charge in [-0.05, 0) is 24.5 Å². The molecule has 6 nitrogen and oxygen atoms in total. The Morgan fingerprint density at radius 1 is 1.23 bits per heavy atom. The summed E-state index contributed by atoms with van der Waals surface area (Å²) >= 11 is 0. The largest absolute Gasteiger partial charge is 0.481 e. The number of benzene rings is 1. The lowest BCUT2D eigenvalue weighted by Gasteiger charge is -2.06. The van der Waals surface area contributed by atoms with E-state index < -0.39 is 0 Å². The van der Waals surface area contributed by atoms with Crippen molar-refractivity contribution in [2.24, 2.45) is 0 Å². The molecule has 1 aliphatic rings. The molecular weight excluding hydrogens is 328 g/mol. The number of anilines is 1. The van der Waals surface area contributed by atoms with Crippen molar-refractivity contribution in [3.63, 3.8) is 0 Å². The van der Waals surface area contributed by atoms with Crippen LogP contribution in [0.1, 0.15) is 30.0 Å². The molecule has 4 rings (SSSR count). The number of pyridine rings is 1. The zero-order chi connectivity index (χ0) is 17.9. The van der Waals surface area contributed by atoms with Crippen molar-refractivity contribution in [2.45, 2.75) is 25.2 Å². The van der Waals surface area contributed by atoms with Gasteiger partial charge in [0.25, 0.3) is 0 Å². The summed E-state index contributed by atoms with van der Waals surface area (Å²) in [6.07, 6.45) is 2.70. The lowest BCUT2D eigenvalue weighted by atomic mass is 10.1. The highest BCUT2D eigenvalue weighted by atomic mass is 16.5. The van der Waals surface area contributed by atoms with E-state index in [-0.39, 0.29) is 5.91 Å². The Kier molecular flexibility index (Phi) is 4.39. The third-order valence-corrected chi connectivity index (χ3v) is 4.43. The molecule has 0 bridgehead atoms. The van der Waals surface area contributed by atoms with Gasteiger partial charge in [-0.25, -0.2) is 4.98 Å². The highest BCUT2D eigenvalue weighted by molar-refractivity contribution is 5.91. The summed E-state index contributed by atoms with van der Waals surface area (Å²) in [5.74, 6) is 1.68. The van der Waals surface area contributed by atoms with Crippen molar-refractivity contribution in [3.8, 4) is 17.1 Å². The van der Waals surface area contributed by atoms with Crippen LogP contribution < -0.4 is 10.1 Å². The lowest BCUT2D eigenvalue weighted by molar-refractivity contribution is -0.115. The van der Waals surface area contributed by atoms with Gasteiger partial charge in [-0.3, -0.25) is 9.89 Å². The van der Waals surface area contributed by atoms with Gasteiger partial charge in [-0.1, -0.05) is 30.3 Å². The first-order valence-corrected chi connectivity index (χ1v) is 8.67. The van der Waals surface area contributed by atoms with E-state index in [1.165, 1.54) is 12.8 Å². The fraction of sp³-hybridized carbons (Fsp3) is 0.250. The number of hydrogen-bond acceptors (Lipinski definition) is 4. The molecule has 1 fully saturated rings. The second-order valence-corrected chi connectivity index (χ2v) is 6.47. The Balaban J connectivity index is 1.39. The molecule has 2 aromatic heterocycles. The minimum Gasteiger partial charge on any atom is -0.481 e. The molecule has 2 N–H and O–H groups in total. The number of carbonyl (C=O) groups excluding carboxylic acids is 1. The van der Waals surface area contributed by atoms with Gasteiger partial charge in [-0.2, -0.15) is 5.10 Å². The van der Waals surface area contributed by atoms with E-state index in [1.807, 2.05) is 48.5 Å². The average Bonchev–Trinajstić information content (AvgIpc) is 3.42. The zero-order valence-corrected chi connectivity index (χ0v) is 14.5. The number of rotatable bonds is 6. The van der Waals surface area contributed by atoms with E-state index in [0.29, 0.717) is 24.0 Å². The lowest BCUT2D eigenvalue weighted by Crippen LogP contribution is -2.14. The quantitative estimate of drug-likeness (QED) is 0.714. The van der Waals surface area contributed by atoms with E-state index in [2.05, 4.69) is 20.5 Å². The van der Waals surface area contributed by atoms with Crippen LogP contribution in [0.4, 0.5) is 5.82 Å². The number of nitrogens with zero attached hydrogens (tertiary/aromatic N) is 2. The monoisotopic (exact) mass is 348 g/mol. The summed E-state index contributed by atoms with van der Waals surface area (Å²) in [5.41, 5.74) is 3.86. The van der Waals surface area contributed by atoms with Crippen LogP contribution in [0.2, 0.25) is 0 Å². The number of ether oxygens (including phenoxy) is 1. The van der Waals surface area contributed by atoms with Crippen molar-refractivity contribution in [2.75, 3.05) is 12.4 Å². The predicted octanol–water partition coefficient (Wildman–Crippen LogP) is 3.54. The van der Waals surface area contributed by atoms with Crippen LogP contribution in [0.25, 0.3) is 11.3 Å². The maximum atomic E-state index is 12.2. The highest BCUT2D eigenvalue weighted by Gasteiger charge is 2.25. The summed E-state index contributed by atoms with van der Waals surface area (Å²) in [7, 11) is 1.60. The van der Waals surface area contributed by atoms with Crippen molar-refractivity contribution in [3.05, 3.63) is 59.8 Å². The molecule has 1 saturated carbocycles. The van der Waals surface area contributed by atoms with Gasteiger partial charge >= 0.3 is 0 Å². The van der Waals surface area contributed by atoms with E-state index >= 15 is 0 Å². The Bertz CT molecular complexity index is 914. The van der Waals surface area contributed by atoms with Gasteiger partial charge in [0.15, 0.2) is 5.82 Å². The summed E-state index contributed by atoms with van der Waals surface area (Å²) in [4.78, 5) is 16.6. The number of aromatic amines is 1. The number of hydrogen-bond donors (Lipinski definition) is 2. The molecule has 0 aliphatic heterocycles. The summed E-state index contributed by atoms with van der Waals surface area (Å²) in [5, 5.41) is 9.99. The average molecular weight is 348 g/mol. The maximum Gasteiger partial charge on any atom is 0.229 e. The van der Waals surface area contributed by atoms with Crippen LogP contribution in [-0.4, -0.2) is 28.2 Å². The molecule has 26 heavy (non-hydrogen) atoms. The molecule has 1 amide bonds. The summed E-state index contributed by atoms with van der Waals surface area (Å²) in [6, 6.07) is 15.4. The van der Waals surface area contributed by atoms with Gasteiger partial charge < -0.3 is 10.1 Å². The van der Waals surface area contributed by atoms with Crippen molar-refractivity contribution in [1.29, 1.82) is 0 Å². The van der Waals surface area contributed by atoms with Gasteiger partial charge in [0.05, 0.1) is 19.2 Å². The zero-order valence-electron chi connectivity index (χ0n) is 14.5. The van der Waals surface area contributed by atoms with Crippen molar-refractivity contribution >= 4 is 11.7 Å². The number of amides is 1. The molecule has 1 aliphatic carbocycles. The topological polar surface area (TPSA) is 79.9 Å². The number of nitrogens with one attached hydrogen (secondary N) is 2. The Morgan fingerprint density at radius 2 is 2.04 bits per heavy atom. The molecule has 0 spiro atoms. The molecular formula is C20H20N4O2. The van der Waals surface area contributed by atoms with Gasteiger partial charge in [0.1, 0.15) is 0 Å². The molecule has 0 atom stereocenters. The highest BCUT2D eigenvalue weighted by Crippen LogP contribution is 2.39. The van der Waals surface area contributed by atoms with Crippen LogP contribution in [-0.2, 0) is 11.2 Å². The van der Waals surface area contributed by atoms with E-state index in [4.69, 9.17) is 4.74 Å². The fourth-order valence-corrected chi connectivity index (χ4v) is 2.86. The SMILES string of the molecule is COc1cccc(-c2ccc(CC(=O)Nc3cc(C4CC4)[nH]n3)cc2)n1. The molecule has 0 unspecified atom stereocenters. The van der Waals surface area contributed by atoms with Crippen molar-refractivity contribution < 1.29 is 9.53 Å². The maximum absolute atomic E-state index is 12.2. The van der Waals surface area contributed by atoms with Crippen LogP contribution in [0, 0.1) is 0 Å². The van der Waals surface area contributed by atoms with Crippen LogP contribution in [0.5, 0.6) is 5.88 Å². The second kappa shape index (κ2) is 7.00. The Labute approximate surface area is 151 Å². The Hall–Kier alpha value is -3.15. The van der Waals surface area contributed by atoms with Crippen LogP contribution in [0.15, 0.2) is 48.5 Å². The molecule has 1 aromatic carbocycles. The number of carbonyl (C=O) groups is 1. The first-order valence-electron chi connectivity index (χ1n) is 8.67. The molecule has 3 aromatic rings. The van der Waals surface area contributed by atoms with Crippen molar-refractivity contribution in [1.82, 2.24) is 15.2 Å². The van der Waals surface area contributed by atoms with Crippen LogP contribution in [0.3, 0.4) is 0 Å². The number of methoxy groups -OCH3 is 1. The van der Waals surface area contributed by atoms with Crippen LogP contribution >= 0.6 is 0 Å². The van der Waals surface area contributed by atoms with E-state index in [9.17, 15) is 4.79 Å². The number of aromatic nitrogens is 3. The fourth-order valence-electron chi connectivity index (χ4n) is 2.86. The third kappa shape index (κ3) is 3.74. The van der Waals surface area contributed by atoms with Gasteiger partial charge in [-0.15, -0.1) is 0 Å². The molecule has 0 saturated heterocycles. The smallest absolute Gasteiger partial charge is 0.229 e. The number of H-pyrrole nitrogens is 1. The van der Waals surface area contributed by atoms with E-state index in [0.717, 1.165) is 22.5 Å². The first kappa shape index (κ1) is 16.3.